The molecule has 23 heavy (non-hydrogen) atoms. The molecule has 2 heterocycles. The lowest BCUT2D eigenvalue weighted by atomic mass is 10.1. The number of aryl methyl sites for hydroxylation is 1. The predicted octanol–water partition coefficient (Wildman–Crippen LogP) is 1.96. The minimum atomic E-state index is -2.20. The van der Waals surface area contributed by atoms with Gasteiger partial charge in [0.05, 0.1) is 12.2 Å². The number of aromatic nitrogens is 1. The van der Waals surface area contributed by atoms with E-state index < -0.39 is 20.9 Å². The van der Waals surface area contributed by atoms with Crippen LogP contribution in [0.3, 0.4) is 0 Å². The Morgan fingerprint density at radius 2 is 2.26 bits per heavy atom. The molecule has 0 amide bonds. The van der Waals surface area contributed by atoms with Crippen molar-refractivity contribution in [1.82, 2.24) is 10.1 Å². The van der Waals surface area contributed by atoms with Crippen LogP contribution in [0.4, 0.5) is 0 Å². The van der Waals surface area contributed by atoms with E-state index in [-0.39, 0.29) is 12.4 Å². The first-order valence-corrected chi connectivity index (χ1v) is 7.93. The maximum Gasteiger partial charge on any atom is 0.298 e. The monoisotopic (exact) mass is 384 g/mol. The number of hydrogen-bond donors (Lipinski definition) is 1. The standard InChI is InChI=1S/C12H15Cl3N4O4/c1-7-5-8(23-17-7)6-18-4-2-3-16-11(18)9(19(21)22)10(20)12(13,14)15/h5,9-10,20H,2-4,6H2,1H3. The molecule has 2 atom stereocenters. The second kappa shape index (κ2) is 7.21. The van der Waals surface area contributed by atoms with Gasteiger partial charge >= 0.3 is 0 Å². The molecule has 2 unspecified atom stereocenters. The highest BCUT2D eigenvalue weighted by molar-refractivity contribution is 6.68. The van der Waals surface area contributed by atoms with Crippen LogP contribution in [0.15, 0.2) is 15.6 Å². The molecule has 1 aromatic heterocycles. The summed E-state index contributed by atoms with van der Waals surface area (Å²) < 4.78 is 2.92. The number of nitrogens with zero attached hydrogens (tertiary/aromatic N) is 4. The Morgan fingerprint density at radius 3 is 2.78 bits per heavy atom. The lowest BCUT2D eigenvalue weighted by Gasteiger charge is -2.32. The Bertz CT molecular complexity index is 601. The van der Waals surface area contributed by atoms with E-state index in [4.69, 9.17) is 39.3 Å². The Labute approximate surface area is 147 Å². The van der Waals surface area contributed by atoms with Gasteiger partial charge in [-0.15, -0.1) is 0 Å². The van der Waals surface area contributed by atoms with Gasteiger partial charge in [-0.3, -0.25) is 15.1 Å². The summed E-state index contributed by atoms with van der Waals surface area (Å²) >= 11 is 16.9. The van der Waals surface area contributed by atoms with Crippen molar-refractivity contribution in [2.75, 3.05) is 13.1 Å². The van der Waals surface area contributed by atoms with Gasteiger partial charge in [-0.25, -0.2) is 0 Å². The summed E-state index contributed by atoms with van der Waals surface area (Å²) in [6.07, 6.45) is -1.12. The fraction of sp³-hybridized carbons (Fsp3) is 0.667. The topological polar surface area (TPSA) is 105 Å². The normalized spacial score (nSPS) is 18.5. The van der Waals surface area contributed by atoms with Gasteiger partial charge in [-0.05, 0) is 13.3 Å². The number of halogens is 3. The van der Waals surface area contributed by atoms with E-state index in [0.717, 1.165) is 0 Å². The van der Waals surface area contributed by atoms with Gasteiger partial charge in [0.25, 0.3) is 6.04 Å². The zero-order valence-electron chi connectivity index (χ0n) is 12.2. The number of aliphatic hydroxyl groups excluding tert-OH is 1. The SMILES string of the molecule is Cc1cc(CN2CCCN=C2C(C(O)C(Cl)(Cl)Cl)[N+](=O)[O-])on1. The van der Waals surface area contributed by atoms with Crippen molar-refractivity contribution >= 4 is 40.6 Å². The number of nitro groups is 1. The maximum atomic E-state index is 11.4. The lowest BCUT2D eigenvalue weighted by molar-refractivity contribution is -0.515. The molecule has 8 nitrogen and oxygen atoms in total. The molecule has 128 valence electrons. The number of rotatable bonds is 5. The van der Waals surface area contributed by atoms with E-state index in [9.17, 15) is 15.2 Å². The number of alkyl halides is 3. The summed E-state index contributed by atoms with van der Waals surface area (Å²) in [7, 11) is 0. The van der Waals surface area contributed by atoms with Crippen molar-refractivity contribution in [3.8, 4) is 0 Å². The second-order valence-electron chi connectivity index (χ2n) is 5.17. The van der Waals surface area contributed by atoms with Crippen LogP contribution in [0.5, 0.6) is 0 Å². The Morgan fingerprint density at radius 1 is 1.57 bits per heavy atom. The third-order valence-corrected chi connectivity index (χ3v) is 4.00. The van der Waals surface area contributed by atoms with Crippen molar-refractivity contribution < 1.29 is 14.6 Å². The van der Waals surface area contributed by atoms with E-state index in [1.165, 1.54) is 0 Å². The lowest BCUT2D eigenvalue weighted by Crippen LogP contribution is -2.54. The molecule has 0 saturated carbocycles. The minimum Gasteiger partial charge on any atom is -0.381 e. The van der Waals surface area contributed by atoms with Crippen molar-refractivity contribution in [2.45, 2.75) is 35.8 Å². The third kappa shape index (κ3) is 4.47. The molecule has 0 radical (unpaired) electrons. The summed E-state index contributed by atoms with van der Waals surface area (Å²) in [6.45, 7) is 2.91. The molecular weight excluding hydrogens is 371 g/mol. The van der Waals surface area contributed by atoms with Crippen molar-refractivity contribution in [1.29, 1.82) is 0 Å². The maximum absolute atomic E-state index is 11.4. The first-order valence-electron chi connectivity index (χ1n) is 6.80. The van der Waals surface area contributed by atoms with Crippen LogP contribution in [-0.2, 0) is 6.54 Å². The Balaban J connectivity index is 2.27. The van der Waals surface area contributed by atoms with Crippen molar-refractivity contribution in [3.05, 3.63) is 27.6 Å². The molecule has 1 aliphatic heterocycles. The molecule has 2 rings (SSSR count). The molecule has 0 aliphatic carbocycles. The molecule has 0 saturated heterocycles. The molecule has 0 aromatic carbocycles. The highest BCUT2D eigenvalue weighted by atomic mass is 35.6. The smallest absolute Gasteiger partial charge is 0.298 e. The van der Waals surface area contributed by atoms with E-state index in [1.54, 1.807) is 17.9 Å². The van der Waals surface area contributed by atoms with Crippen molar-refractivity contribution in [2.24, 2.45) is 4.99 Å². The first-order chi connectivity index (χ1) is 10.7. The highest BCUT2D eigenvalue weighted by Gasteiger charge is 2.49. The van der Waals surface area contributed by atoms with Gasteiger partial charge in [-0.2, -0.15) is 0 Å². The molecule has 1 N–H and O–H groups in total. The van der Waals surface area contributed by atoms with Crippen LogP contribution >= 0.6 is 34.8 Å². The van der Waals surface area contributed by atoms with E-state index >= 15 is 0 Å². The van der Waals surface area contributed by atoms with Crippen LogP contribution in [-0.4, -0.2) is 54.9 Å². The van der Waals surface area contributed by atoms with E-state index in [1.807, 2.05) is 0 Å². The molecule has 0 spiro atoms. The average molecular weight is 386 g/mol. The minimum absolute atomic E-state index is 0.0640. The number of aliphatic imine (C=N–C) groups is 1. The summed E-state index contributed by atoms with van der Waals surface area (Å²) in [5.74, 6) is 0.594. The van der Waals surface area contributed by atoms with E-state index in [0.29, 0.717) is 31.0 Å². The molecule has 0 fully saturated rings. The first kappa shape index (κ1) is 18.3. The summed E-state index contributed by atoms with van der Waals surface area (Å²) in [5.41, 5.74) is 0.697. The van der Waals surface area contributed by atoms with E-state index in [2.05, 4.69) is 10.1 Å². The second-order valence-corrected chi connectivity index (χ2v) is 7.54. The number of hydrogen-bond acceptors (Lipinski definition) is 7. The van der Waals surface area contributed by atoms with Gasteiger partial charge < -0.3 is 14.5 Å². The number of amidine groups is 1. The highest BCUT2D eigenvalue weighted by Crippen LogP contribution is 2.33. The molecular formula is C12H15Cl3N4O4. The summed E-state index contributed by atoms with van der Waals surface area (Å²) in [6, 6.07) is 0.0745. The molecule has 1 aliphatic rings. The van der Waals surface area contributed by atoms with Crippen LogP contribution in [0.25, 0.3) is 0 Å². The largest absolute Gasteiger partial charge is 0.381 e. The zero-order chi connectivity index (χ0) is 17.2. The van der Waals surface area contributed by atoms with Gasteiger partial charge in [0.15, 0.2) is 17.7 Å². The fourth-order valence-corrected chi connectivity index (χ4v) is 2.68. The molecule has 0 bridgehead atoms. The van der Waals surface area contributed by atoms with Crippen molar-refractivity contribution in [3.63, 3.8) is 0 Å². The summed E-state index contributed by atoms with van der Waals surface area (Å²) in [5, 5.41) is 25.3. The van der Waals surface area contributed by atoms with Gasteiger partial charge in [0.1, 0.15) is 0 Å². The quantitative estimate of drug-likeness (QED) is 0.472. The third-order valence-electron chi connectivity index (χ3n) is 3.33. The van der Waals surface area contributed by atoms with Crippen LogP contribution in [0.2, 0.25) is 0 Å². The van der Waals surface area contributed by atoms with Crippen LogP contribution < -0.4 is 0 Å². The van der Waals surface area contributed by atoms with Gasteiger partial charge in [0, 0.05) is 24.1 Å². The van der Waals surface area contributed by atoms with Gasteiger partial charge in [0.2, 0.25) is 3.79 Å². The van der Waals surface area contributed by atoms with Gasteiger partial charge in [-0.1, -0.05) is 40.0 Å². The Hall–Kier alpha value is -1.09. The van der Waals surface area contributed by atoms with Crippen LogP contribution in [0, 0.1) is 17.0 Å². The predicted molar refractivity (Wildman–Crippen MR) is 85.6 cm³/mol. The van der Waals surface area contributed by atoms with Crippen LogP contribution in [0.1, 0.15) is 17.9 Å². The number of aliphatic hydroxyl groups is 1. The molecule has 11 heteroatoms. The zero-order valence-corrected chi connectivity index (χ0v) is 14.4. The average Bonchev–Trinajstić information content (AvgIpc) is 2.85. The fourth-order valence-electron chi connectivity index (χ4n) is 2.32. The Kier molecular flexibility index (Phi) is 5.72. The summed E-state index contributed by atoms with van der Waals surface area (Å²) in [4.78, 5) is 16.5. The molecule has 1 aromatic rings.